The Morgan fingerprint density at radius 3 is 2.39 bits per heavy atom. The first-order valence-corrected chi connectivity index (χ1v) is 6.08. The van der Waals surface area contributed by atoms with Gasteiger partial charge in [0.25, 0.3) is 0 Å². The number of nitrogens with zero attached hydrogens (tertiary/aromatic N) is 2. The van der Waals surface area contributed by atoms with E-state index in [9.17, 15) is 0 Å². The van der Waals surface area contributed by atoms with Crippen LogP contribution in [0.4, 0.5) is 5.69 Å². The van der Waals surface area contributed by atoms with E-state index in [0.29, 0.717) is 0 Å². The summed E-state index contributed by atoms with van der Waals surface area (Å²) < 4.78 is 0. The van der Waals surface area contributed by atoms with Gasteiger partial charge in [-0.2, -0.15) is 0 Å². The Morgan fingerprint density at radius 2 is 1.78 bits per heavy atom. The van der Waals surface area contributed by atoms with Gasteiger partial charge in [-0.05, 0) is 25.1 Å². The number of anilines is 1. The molecule has 1 heterocycles. The Bertz CT molecular complexity index is 568. The van der Waals surface area contributed by atoms with Crippen LogP contribution in [-0.4, -0.2) is 9.97 Å². The van der Waals surface area contributed by atoms with Gasteiger partial charge in [0.2, 0.25) is 0 Å². The van der Waals surface area contributed by atoms with Crippen LogP contribution in [0, 0.1) is 6.92 Å². The standard InChI is InChI=1S/C15H19N3/c1-10-8-13(15(2,3)4)18-14(17-10)11-6-5-7-12(16)9-11/h5-9H,16H2,1-4H3. The van der Waals surface area contributed by atoms with E-state index in [0.717, 1.165) is 28.5 Å². The third-order valence-electron chi connectivity index (χ3n) is 2.77. The monoisotopic (exact) mass is 241 g/mol. The average molecular weight is 241 g/mol. The zero-order valence-corrected chi connectivity index (χ0v) is 11.4. The first kappa shape index (κ1) is 12.6. The highest BCUT2D eigenvalue weighted by Crippen LogP contribution is 2.24. The predicted octanol–water partition coefficient (Wildman–Crippen LogP) is 3.33. The zero-order valence-electron chi connectivity index (χ0n) is 11.4. The molecule has 0 radical (unpaired) electrons. The lowest BCUT2D eigenvalue weighted by Crippen LogP contribution is -2.15. The van der Waals surface area contributed by atoms with Crippen molar-refractivity contribution in [2.75, 3.05) is 5.73 Å². The van der Waals surface area contributed by atoms with Crippen molar-refractivity contribution >= 4 is 5.69 Å². The SMILES string of the molecule is Cc1cc(C(C)(C)C)nc(-c2cccc(N)c2)n1. The Labute approximate surface area is 108 Å². The highest BCUT2D eigenvalue weighted by Gasteiger charge is 2.17. The maximum absolute atomic E-state index is 5.80. The number of nitrogen functional groups attached to an aromatic ring is 1. The second-order valence-electron chi connectivity index (χ2n) is 5.59. The minimum Gasteiger partial charge on any atom is -0.399 e. The van der Waals surface area contributed by atoms with Crippen LogP contribution in [0.25, 0.3) is 11.4 Å². The van der Waals surface area contributed by atoms with Gasteiger partial charge in [-0.3, -0.25) is 0 Å². The molecular weight excluding hydrogens is 222 g/mol. The fourth-order valence-electron chi connectivity index (χ4n) is 1.76. The highest BCUT2D eigenvalue weighted by atomic mass is 14.9. The van der Waals surface area contributed by atoms with E-state index in [-0.39, 0.29) is 5.41 Å². The summed E-state index contributed by atoms with van der Waals surface area (Å²) in [5, 5.41) is 0. The van der Waals surface area contributed by atoms with Gasteiger partial charge in [0, 0.05) is 22.4 Å². The molecule has 0 spiro atoms. The van der Waals surface area contributed by atoms with E-state index >= 15 is 0 Å². The van der Waals surface area contributed by atoms with E-state index in [2.05, 4.69) is 30.7 Å². The Balaban J connectivity index is 2.55. The van der Waals surface area contributed by atoms with E-state index in [1.807, 2.05) is 37.3 Å². The normalized spacial score (nSPS) is 11.6. The Morgan fingerprint density at radius 1 is 1.06 bits per heavy atom. The quantitative estimate of drug-likeness (QED) is 0.779. The molecule has 0 fully saturated rings. The number of aryl methyl sites for hydroxylation is 1. The summed E-state index contributed by atoms with van der Waals surface area (Å²) in [7, 11) is 0. The van der Waals surface area contributed by atoms with Crippen LogP contribution < -0.4 is 5.73 Å². The molecule has 0 aliphatic heterocycles. The molecule has 2 N–H and O–H groups in total. The third-order valence-corrected chi connectivity index (χ3v) is 2.77. The van der Waals surface area contributed by atoms with Crippen molar-refractivity contribution in [3.63, 3.8) is 0 Å². The first-order valence-electron chi connectivity index (χ1n) is 6.08. The van der Waals surface area contributed by atoms with Crippen LogP contribution >= 0.6 is 0 Å². The molecule has 1 aromatic carbocycles. The number of hydrogen-bond donors (Lipinski definition) is 1. The molecule has 2 rings (SSSR count). The molecule has 0 amide bonds. The molecule has 0 aliphatic carbocycles. The molecule has 0 bridgehead atoms. The van der Waals surface area contributed by atoms with Crippen molar-refractivity contribution in [1.82, 2.24) is 9.97 Å². The summed E-state index contributed by atoms with van der Waals surface area (Å²) in [6, 6.07) is 9.71. The Kier molecular flexibility index (Phi) is 3.07. The van der Waals surface area contributed by atoms with Crippen LogP contribution in [0.1, 0.15) is 32.2 Å². The molecule has 0 saturated heterocycles. The summed E-state index contributed by atoms with van der Waals surface area (Å²) in [4.78, 5) is 9.14. The van der Waals surface area contributed by atoms with E-state index in [1.54, 1.807) is 0 Å². The summed E-state index contributed by atoms with van der Waals surface area (Å²) >= 11 is 0. The number of benzene rings is 1. The summed E-state index contributed by atoms with van der Waals surface area (Å²) in [5.41, 5.74) is 9.54. The van der Waals surface area contributed by atoms with Crippen LogP contribution in [0.3, 0.4) is 0 Å². The van der Waals surface area contributed by atoms with Crippen molar-refractivity contribution in [2.45, 2.75) is 33.1 Å². The van der Waals surface area contributed by atoms with Gasteiger partial charge in [0.05, 0.1) is 5.69 Å². The maximum Gasteiger partial charge on any atom is 0.159 e. The zero-order chi connectivity index (χ0) is 13.3. The lowest BCUT2D eigenvalue weighted by Gasteiger charge is -2.19. The maximum atomic E-state index is 5.80. The number of rotatable bonds is 1. The van der Waals surface area contributed by atoms with Crippen molar-refractivity contribution in [3.05, 3.63) is 41.7 Å². The largest absolute Gasteiger partial charge is 0.399 e. The molecule has 0 unspecified atom stereocenters. The van der Waals surface area contributed by atoms with Crippen molar-refractivity contribution in [1.29, 1.82) is 0 Å². The molecule has 94 valence electrons. The second kappa shape index (κ2) is 4.41. The molecule has 18 heavy (non-hydrogen) atoms. The first-order chi connectivity index (χ1) is 8.36. The molecule has 1 aromatic heterocycles. The van der Waals surface area contributed by atoms with Gasteiger partial charge < -0.3 is 5.73 Å². The van der Waals surface area contributed by atoms with Crippen LogP contribution in [-0.2, 0) is 5.41 Å². The van der Waals surface area contributed by atoms with Gasteiger partial charge in [-0.25, -0.2) is 9.97 Å². The number of nitrogens with two attached hydrogens (primary N) is 1. The van der Waals surface area contributed by atoms with E-state index < -0.39 is 0 Å². The minimum absolute atomic E-state index is 0.0166. The second-order valence-corrected chi connectivity index (χ2v) is 5.59. The van der Waals surface area contributed by atoms with Crippen LogP contribution in [0.5, 0.6) is 0 Å². The van der Waals surface area contributed by atoms with Crippen molar-refractivity contribution < 1.29 is 0 Å². The van der Waals surface area contributed by atoms with Crippen molar-refractivity contribution in [3.8, 4) is 11.4 Å². The molecule has 2 aromatic rings. The number of aromatic nitrogens is 2. The highest BCUT2D eigenvalue weighted by molar-refractivity contribution is 5.61. The summed E-state index contributed by atoms with van der Waals surface area (Å²) in [6.45, 7) is 8.44. The topological polar surface area (TPSA) is 51.8 Å². The number of hydrogen-bond acceptors (Lipinski definition) is 3. The van der Waals surface area contributed by atoms with E-state index in [1.165, 1.54) is 0 Å². The van der Waals surface area contributed by atoms with Crippen LogP contribution in [0.15, 0.2) is 30.3 Å². The predicted molar refractivity (Wildman–Crippen MR) is 75.3 cm³/mol. The summed E-state index contributed by atoms with van der Waals surface area (Å²) in [5.74, 6) is 0.743. The summed E-state index contributed by atoms with van der Waals surface area (Å²) in [6.07, 6.45) is 0. The fraction of sp³-hybridized carbons (Fsp3) is 0.333. The van der Waals surface area contributed by atoms with Gasteiger partial charge in [-0.15, -0.1) is 0 Å². The molecule has 0 aliphatic rings. The van der Waals surface area contributed by atoms with Gasteiger partial charge in [-0.1, -0.05) is 32.9 Å². The average Bonchev–Trinajstić information content (AvgIpc) is 2.27. The third kappa shape index (κ3) is 2.67. The molecule has 3 heteroatoms. The lowest BCUT2D eigenvalue weighted by atomic mass is 9.91. The van der Waals surface area contributed by atoms with Gasteiger partial charge in [0.15, 0.2) is 5.82 Å². The van der Waals surface area contributed by atoms with Gasteiger partial charge >= 0.3 is 0 Å². The Hall–Kier alpha value is -1.90. The van der Waals surface area contributed by atoms with Crippen molar-refractivity contribution in [2.24, 2.45) is 0 Å². The minimum atomic E-state index is 0.0166. The molecule has 0 atom stereocenters. The van der Waals surface area contributed by atoms with Gasteiger partial charge in [0.1, 0.15) is 0 Å². The molecular formula is C15H19N3. The van der Waals surface area contributed by atoms with Crippen LogP contribution in [0.2, 0.25) is 0 Å². The molecule has 3 nitrogen and oxygen atoms in total. The smallest absolute Gasteiger partial charge is 0.159 e. The van der Waals surface area contributed by atoms with E-state index in [4.69, 9.17) is 5.73 Å². The molecule has 0 saturated carbocycles. The lowest BCUT2D eigenvalue weighted by molar-refractivity contribution is 0.567. The fourth-order valence-corrected chi connectivity index (χ4v) is 1.76.